The van der Waals surface area contributed by atoms with Crippen LogP contribution in [-0.2, 0) is 0 Å². The summed E-state index contributed by atoms with van der Waals surface area (Å²) >= 11 is 0. The highest BCUT2D eigenvalue weighted by molar-refractivity contribution is 5.97. The summed E-state index contributed by atoms with van der Waals surface area (Å²) in [5.74, 6) is 0.707. The molecular weight excluding hydrogens is 368 g/mol. The highest BCUT2D eigenvalue weighted by atomic mass is 16.3. The second-order valence-electron chi connectivity index (χ2n) is 7.25. The molecule has 1 atom stereocenters. The van der Waals surface area contributed by atoms with E-state index in [1.54, 1.807) is 23.2 Å². The van der Waals surface area contributed by atoms with E-state index in [-0.39, 0.29) is 17.2 Å². The smallest absolute Gasteiger partial charge is 0.257 e. The van der Waals surface area contributed by atoms with Gasteiger partial charge >= 0.3 is 0 Å². The van der Waals surface area contributed by atoms with Crippen LogP contribution in [0.3, 0.4) is 0 Å². The Bertz CT molecular complexity index is 803. The van der Waals surface area contributed by atoms with Crippen molar-refractivity contribution in [3.05, 3.63) is 53.7 Å². The molecule has 2 heterocycles. The lowest BCUT2D eigenvalue weighted by Crippen LogP contribution is -2.47. The number of aliphatic hydroxyl groups excluding tert-OH is 1. The molecule has 0 aliphatic carbocycles. The van der Waals surface area contributed by atoms with E-state index in [9.17, 15) is 15.0 Å². The average Bonchev–Trinajstić information content (AvgIpc) is 2.76. The van der Waals surface area contributed by atoms with Gasteiger partial charge in [0.2, 0.25) is 0 Å². The van der Waals surface area contributed by atoms with Crippen LogP contribution in [0.4, 0.5) is 5.82 Å². The van der Waals surface area contributed by atoms with E-state index in [0.29, 0.717) is 25.2 Å². The Morgan fingerprint density at radius 1 is 1.14 bits per heavy atom. The first-order chi connectivity index (χ1) is 14.0. The normalized spacial score (nSPS) is 15.9. The highest BCUT2D eigenvalue weighted by Gasteiger charge is 2.23. The number of rotatable bonds is 7. The van der Waals surface area contributed by atoms with Gasteiger partial charge in [-0.1, -0.05) is 12.1 Å². The second-order valence-corrected chi connectivity index (χ2v) is 7.25. The highest BCUT2D eigenvalue weighted by Crippen LogP contribution is 2.25. The summed E-state index contributed by atoms with van der Waals surface area (Å²) in [6, 6.07) is 10.7. The molecule has 1 saturated heterocycles. The number of nitrogens with zero attached hydrogens (tertiary/aromatic N) is 4. The van der Waals surface area contributed by atoms with Gasteiger partial charge < -0.3 is 20.0 Å². The van der Waals surface area contributed by atoms with E-state index in [4.69, 9.17) is 0 Å². The average molecular weight is 399 g/mol. The summed E-state index contributed by atoms with van der Waals surface area (Å²) in [6.07, 6.45) is 1.08. The van der Waals surface area contributed by atoms with Gasteiger partial charge in [-0.05, 0) is 43.7 Å². The standard InChI is InChI=1S/C22H30N4O3/c1-3-25(4-2)22(29)18-15-17(8-9-19(18)27)20(28)16-24-11-13-26(14-12-24)21-7-5-6-10-23-21/h5-10,15,20,27-28H,3-4,11-14,16H2,1-2H3. The van der Waals surface area contributed by atoms with Gasteiger partial charge in [0, 0.05) is 52.0 Å². The molecular formula is C22H30N4O3. The number of piperazine rings is 1. The van der Waals surface area contributed by atoms with E-state index in [0.717, 1.165) is 32.0 Å². The Morgan fingerprint density at radius 2 is 1.86 bits per heavy atom. The van der Waals surface area contributed by atoms with Crippen molar-refractivity contribution in [1.29, 1.82) is 0 Å². The van der Waals surface area contributed by atoms with Gasteiger partial charge in [-0.3, -0.25) is 9.69 Å². The van der Waals surface area contributed by atoms with E-state index in [1.165, 1.54) is 6.07 Å². The number of β-amino-alcohol motifs (C(OH)–C–C–N with tert-alkyl or cyclic N) is 1. The van der Waals surface area contributed by atoms with Crippen molar-refractivity contribution in [2.45, 2.75) is 20.0 Å². The van der Waals surface area contributed by atoms with Crippen molar-refractivity contribution >= 4 is 11.7 Å². The molecule has 1 aliphatic rings. The van der Waals surface area contributed by atoms with Crippen LogP contribution >= 0.6 is 0 Å². The third-order valence-electron chi connectivity index (χ3n) is 5.46. The molecule has 1 amide bonds. The number of anilines is 1. The predicted octanol–water partition coefficient (Wildman–Crippen LogP) is 2.12. The molecule has 7 nitrogen and oxygen atoms in total. The van der Waals surface area contributed by atoms with E-state index >= 15 is 0 Å². The lowest BCUT2D eigenvalue weighted by molar-refractivity contribution is 0.0769. The third kappa shape index (κ3) is 5.05. The first kappa shape index (κ1) is 21.1. The van der Waals surface area contributed by atoms with Crippen molar-refractivity contribution in [1.82, 2.24) is 14.8 Å². The first-order valence-corrected chi connectivity index (χ1v) is 10.2. The zero-order valence-electron chi connectivity index (χ0n) is 17.2. The van der Waals surface area contributed by atoms with Crippen molar-refractivity contribution in [2.24, 2.45) is 0 Å². The number of carbonyl (C=O) groups is 1. The number of pyridine rings is 1. The number of hydrogen-bond donors (Lipinski definition) is 2. The number of benzene rings is 1. The Morgan fingerprint density at radius 3 is 2.48 bits per heavy atom. The van der Waals surface area contributed by atoms with Gasteiger partial charge in [0.05, 0.1) is 11.7 Å². The van der Waals surface area contributed by atoms with Gasteiger partial charge in [-0.2, -0.15) is 0 Å². The van der Waals surface area contributed by atoms with Gasteiger partial charge in [0.1, 0.15) is 11.6 Å². The molecule has 2 N–H and O–H groups in total. The fourth-order valence-electron chi connectivity index (χ4n) is 3.66. The fraction of sp³-hybridized carbons (Fsp3) is 0.455. The molecule has 0 saturated carbocycles. The van der Waals surface area contributed by atoms with Crippen LogP contribution in [0, 0.1) is 0 Å². The minimum absolute atomic E-state index is 0.0539. The van der Waals surface area contributed by atoms with E-state index < -0.39 is 6.10 Å². The third-order valence-corrected chi connectivity index (χ3v) is 5.46. The lowest BCUT2D eigenvalue weighted by Gasteiger charge is -2.36. The number of aromatic hydroxyl groups is 1. The molecule has 1 aliphatic heterocycles. The molecule has 1 aromatic carbocycles. The maximum absolute atomic E-state index is 12.6. The van der Waals surface area contributed by atoms with Gasteiger partial charge in [0.15, 0.2) is 0 Å². The van der Waals surface area contributed by atoms with Gasteiger partial charge in [-0.15, -0.1) is 0 Å². The Labute approximate surface area is 172 Å². The molecule has 156 valence electrons. The zero-order chi connectivity index (χ0) is 20.8. The fourth-order valence-corrected chi connectivity index (χ4v) is 3.66. The largest absolute Gasteiger partial charge is 0.507 e. The van der Waals surface area contributed by atoms with Gasteiger partial charge in [-0.25, -0.2) is 4.98 Å². The van der Waals surface area contributed by atoms with Crippen molar-refractivity contribution in [2.75, 3.05) is 50.7 Å². The summed E-state index contributed by atoms with van der Waals surface area (Å²) in [5.41, 5.74) is 0.885. The molecule has 0 bridgehead atoms. The predicted molar refractivity (Wildman–Crippen MR) is 113 cm³/mol. The van der Waals surface area contributed by atoms with Crippen LogP contribution in [0.1, 0.15) is 35.9 Å². The molecule has 1 aromatic heterocycles. The van der Waals surface area contributed by atoms with Crippen LogP contribution < -0.4 is 4.90 Å². The summed E-state index contributed by atoms with van der Waals surface area (Å²) in [7, 11) is 0. The first-order valence-electron chi connectivity index (χ1n) is 10.2. The number of aromatic nitrogens is 1. The molecule has 1 fully saturated rings. The molecule has 29 heavy (non-hydrogen) atoms. The second kappa shape index (κ2) is 9.71. The van der Waals surface area contributed by atoms with E-state index in [2.05, 4.69) is 14.8 Å². The lowest BCUT2D eigenvalue weighted by atomic mass is 10.0. The molecule has 0 spiro atoms. The van der Waals surface area contributed by atoms with Gasteiger partial charge in [0.25, 0.3) is 5.91 Å². The Balaban J connectivity index is 1.62. The van der Waals surface area contributed by atoms with E-state index in [1.807, 2.05) is 32.0 Å². The van der Waals surface area contributed by atoms with Crippen LogP contribution in [0.25, 0.3) is 0 Å². The van der Waals surface area contributed by atoms with Crippen LogP contribution in [0.2, 0.25) is 0 Å². The Kier molecular flexibility index (Phi) is 7.06. The summed E-state index contributed by atoms with van der Waals surface area (Å²) in [6.45, 7) is 8.80. The van der Waals surface area contributed by atoms with Crippen LogP contribution in [0.15, 0.2) is 42.6 Å². The zero-order valence-corrected chi connectivity index (χ0v) is 17.2. The topological polar surface area (TPSA) is 80.1 Å². The molecule has 0 radical (unpaired) electrons. The monoisotopic (exact) mass is 398 g/mol. The number of aliphatic hydroxyl groups is 1. The number of phenols is 1. The molecule has 2 aromatic rings. The quantitative estimate of drug-likeness (QED) is 0.744. The molecule has 1 unspecified atom stereocenters. The molecule has 3 rings (SSSR count). The van der Waals surface area contributed by atoms with Crippen molar-refractivity contribution in [3.8, 4) is 5.75 Å². The minimum Gasteiger partial charge on any atom is -0.507 e. The maximum Gasteiger partial charge on any atom is 0.257 e. The number of amides is 1. The summed E-state index contributed by atoms with van der Waals surface area (Å²) in [4.78, 5) is 23.1. The van der Waals surface area contributed by atoms with Crippen molar-refractivity contribution in [3.63, 3.8) is 0 Å². The van der Waals surface area contributed by atoms with Crippen LogP contribution in [-0.4, -0.2) is 76.7 Å². The van der Waals surface area contributed by atoms with Crippen molar-refractivity contribution < 1.29 is 15.0 Å². The number of hydrogen-bond acceptors (Lipinski definition) is 6. The molecule has 7 heteroatoms. The van der Waals surface area contributed by atoms with Crippen LogP contribution in [0.5, 0.6) is 5.75 Å². The maximum atomic E-state index is 12.6. The SMILES string of the molecule is CCN(CC)C(=O)c1cc(C(O)CN2CCN(c3ccccn3)CC2)ccc1O. The number of phenolic OH excluding ortho intramolecular Hbond substituents is 1. The summed E-state index contributed by atoms with van der Waals surface area (Å²) < 4.78 is 0. The minimum atomic E-state index is -0.722. The number of carbonyl (C=O) groups excluding carboxylic acids is 1. The Hall–Kier alpha value is -2.64. The summed E-state index contributed by atoms with van der Waals surface area (Å²) in [5, 5.41) is 20.9.